The first kappa shape index (κ1) is 12.4. The van der Waals surface area contributed by atoms with Crippen molar-refractivity contribution in [1.82, 2.24) is 9.97 Å². The van der Waals surface area contributed by atoms with E-state index in [-0.39, 0.29) is 0 Å². The van der Waals surface area contributed by atoms with Crippen LogP contribution in [0.2, 0.25) is 0 Å². The molecule has 19 heavy (non-hydrogen) atoms. The van der Waals surface area contributed by atoms with Gasteiger partial charge in [-0.2, -0.15) is 0 Å². The zero-order valence-corrected chi connectivity index (χ0v) is 11.8. The van der Waals surface area contributed by atoms with Gasteiger partial charge in [0, 0.05) is 18.5 Å². The fourth-order valence-electron chi connectivity index (χ4n) is 2.76. The molecule has 0 unspecified atom stereocenters. The van der Waals surface area contributed by atoms with Crippen molar-refractivity contribution in [3.63, 3.8) is 0 Å². The number of rotatable bonds is 2. The van der Waals surface area contributed by atoms with Crippen LogP contribution in [0.4, 0.5) is 5.95 Å². The molecule has 0 aliphatic carbocycles. The molecule has 1 saturated heterocycles. The second-order valence-electron chi connectivity index (χ2n) is 5.63. The zero-order chi connectivity index (χ0) is 13.2. The molecule has 1 fully saturated rings. The molecule has 2 heterocycles. The van der Waals surface area contributed by atoms with E-state index in [1.807, 2.05) is 0 Å². The predicted molar refractivity (Wildman–Crippen MR) is 79.7 cm³/mol. The van der Waals surface area contributed by atoms with Crippen molar-refractivity contribution in [2.24, 2.45) is 0 Å². The lowest BCUT2D eigenvalue weighted by molar-refractivity contribution is 0.567. The summed E-state index contributed by atoms with van der Waals surface area (Å²) >= 11 is 0. The molecule has 0 radical (unpaired) electrons. The molecule has 1 aliphatic heterocycles. The van der Waals surface area contributed by atoms with Gasteiger partial charge >= 0.3 is 0 Å². The molecule has 3 nitrogen and oxygen atoms in total. The fraction of sp³-hybridized carbons (Fsp3) is 0.500. The quantitative estimate of drug-likeness (QED) is 0.818. The largest absolute Gasteiger partial charge is 0.341 e. The van der Waals surface area contributed by atoms with Crippen LogP contribution in [0.15, 0.2) is 24.3 Å². The van der Waals surface area contributed by atoms with Gasteiger partial charge in [-0.1, -0.05) is 32.0 Å². The van der Waals surface area contributed by atoms with Gasteiger partial charge in [0.2, 0.25) is 5.95 Å². The van der Waals surface area contributed by atoms with Crippen LogP contribution >= 0.6 is 0 Å². The van der Waals surface area contributed by atoms with Crippen molar-refractivity contribution in [3.05, 3.63) is 30.0 Å². The third kappa shape index (κ3) is 2.42. The molecule has 0 spiro atoms. The monoisotopic (exact) mass is 255 g/mol. The number of anilines is 1. The minimum atomic E-state index is 0.427. The maximum Gasteiger partial charge on any atom is 0.226 e. The van der Waals surface area contributed by atoms with Crippen LogP contribution in [-0.2, 0) is 0 Å². The molecule has 0 amide bonds. The Morgan fingerprint density at radius 1 is 1.00 bits per heavy atom. The van der Waals surface area contributed by atoms with Crippen molar-refractivity contribution in [2.45, 2.75) is 39.0 Å². The minimum Gasteiger partial charge on any atom is -0.341 e. The first-order valence-electron chi connectivity index (χ1n) is 7.27. The van der Waals surface area contributed by atoms with Crippen molar-refractivity contribution in [3.8, 4) is 0 Å². The van der Waals surface area contributed by atoms with E-state index in [0.717, 1.165) is 24.6 Å². The molecular formula is C16H21N3. The van der Waals surface area contributed by atoms with Gasteiger partial charge < -0.3 is 4.90 Å². The average Bonchev–Trinajstić information content (AvgIpc) is 2.47. The van der Waals surface area contributed by atoms with E-state index in [1.165, 1.54) is 30.3 Å². The predicted octanol–water partition coefficient (Wildman–Crippen LogP) is 3.74. The van der Waals surface area contributed by atoms with E-state index in [9.17, 15) is 0 Å². The molecule has 1 aromatic carbocycles. The molecule has 1 aromatic heterocycles. The Hall–Kier alpha value is -1.64. The smallest absolute Gasteiger partial charge is 0.226 e. The molecule has 0 saturated carbocycles. The van der Waals surface area contributed by atoms with Crippen molar-refractivity contribution in [1.29, 1.82) is 0 Å². The van der Waals surface area contributed by atoms with Crippen molar-refractivity contribution >= 4 is 16.9 Å². The lowest BCUT2D eigenvalue weighted by Gasteiger charge is -2.27. The molecule has 0 bridgehead atoms. The van der Waals surface area contributed by atoms with Crippen LogP contribution in [0.5, 0.6) is 0 Å². The Morgan fingerprint density at radius 3 is 2.47 bits per heavy atom. The third-order valence-electron chi connectivity index (χ3n) is 3.81. The topological polar surface area (TPSA) is 29.0 Å². The van der Waals surface area contributed by atoms with Gasteiger partial charge in [-0.25, -0.2) is 9.97 Å². The normalized spacial score (nSPS) is 16.3. The van der Waals surface area contributed by atoms with Crippen LogP contribution in [0.1, 0.15) is 44.7 Å². The van der Waals surface area contributed by atoms with E-state index >= 15 is 0 Å². The number of para-hydroxylation sites is 1. The standard InChI is InChI=1S/C16H21N3/c1-12(2)15-13-8-4-5-9-14(13)17-16(18-15)19-10-6-3-7-11-19/h4-5,8-9,12H,3,6-7,10-11H2,1-2H3. The molecular weight excluding hydrogens is 234 g/mol. The second kappa shape index (κ2) is 5.16. The lowest BCUT2D eigenvalue weighted by Crippen LogP contribution is -2.31. The highest BCUT2D eigenvalue weighted by Gasteiger charge is 2.17. The minimum absolute atomic E-state index is 0.427. The van der Waals surface area contributed by atoms with Crippen molar-refractivity contribution < 1.29 is 0 Å². The first-order chi connectivity index (χ1) is 9.25. The van der Waals surface area contributed by atoms with Gasteiger partial charge in [-0.3, -0.25) is 0 Å². The lowest BCUT2D eigenvalue weighted by atomic mass is 10.0. The molecule has 2 aromatic rings. The van der Waals surface area contributed by atoms with Gasteiger partial charge in [-0.05, 0) is 31.2 Å². The van der Waals surface area contributed by atoms with E-state index in [4.69, 9.17) is 9.97 Å². The summed E-state index contributed by atoms with van der Waals surface area (Å²) in [6, 6.07) is 8.35. The highest BCUT2D eigenvalue weighted by Crippen LogP contribution is 2.26. The van der Waals surface area contributed by atoms with Gasteiger partial charge in [0.05, 0.1) is 11.2 Å². The number of nitrogens with zero attached hydrogens (tertiary/aromatic N) is 3. The molecule has 1 aliphatic rings. The summed E-state index contributed by atoms with van der Waals surface area (Å²) in [7, 11) is 0. The van der Waals surface area contributed by atoms with Crippen LogP contribution in [0.25, 0.3) is 10.9 Å². The number of benzene rings is 1. The first-order valence-corrected chi connectivity index (χ1v) is 7.27. The Kier molecular flexibility index (Phi) is 3.36. The number of piperidine rings is 1. The summed E-state index contributed by atoms with van der Waals surface area (Å²) < 4.78 is 0. The number of aromatic nitrogens is 2. The molecule has 3 rings (SSSR count). The van der Waals surface area contributed by atoms with Crippen molar-refractivity contribution in [2.75, 3.05) is 18.0 Å². The Balaban J connectivity index is 2.10. The Morgan fingerprint density at radius 2 is 1.74 bits per heavy atom. The Labute approximate surface area is 114 Å². The highest BCUT2D eigenvalue weighted by atomic mass is 15.3. The molecule has 3 heteroatoms. The van der Waals surface area contributed by atoms with E-state index in [0.29, 0.717) is 5.92 Å². The van der Waals surface area contributed by atoms with E-state index in [2.05, 4.69) is 43.0 Å². The number of fused-ring (bicyclic) bond motifs is 1. The van der Waals surface area contributed by atoms with Crippen LogP contribution < -0.4 is 4.90 Å². The summed E-state index contributed by atoms with van der Waals surface area (Å²) in [4.78, 5) is 11.9. The zero-order valence-electron chi connectivity index (χ0n) is 11.8. The Bertz CT molecular complexity index is 571. The summed E-state index contributed by atoms with van der Waals surface area (Å²) in [5.74, 6) is 1.35. The maximum absolute atomic E-state index is 4.84. The van der Waals surface area contributed by atoms with Gasteiger partial charge in [0.15, 0.2) is 0 Å². The fourth-order valence-corrected chi connectivity index (χ4v) is 2.76. The van der Waals surface area contributed by atoms with E-state index in [1.54, 1.807) is 0 Å². The van der Waals surface area contributed by atoms with Gasteiger partial charge in [0.25, 0.3) is 0 Å². The third-order valence-corrected chi connectivity index (χ3v) is 3.81. The number of hydrogen-bond acceptors (Lipinski definition) is 3. The summed E-state index contributed by atoms with van der Waals surface area (Å²) in [5, 5.41) is 1.19. The summed E-state index contributed by atoms with van der Waals surface area (Å²) in [6.45, 7) is 6.59. The van der Waals surface area contributed by atoms with Crippen LogP contribution in [0, 0.1) is 0 Å². The highest BCUT2D eigenvalue weighted by molar-refractivity contribution is 5.82. The summed E-state index contributed by atoms with van der Waals surface area (Å²) in [6.07, 6.45) is 3.85. The van der Waals surface area contributed by atoms with Gasteiger partial charge in [-0.15, -0.1) is 0 Å². The molecule has 100 valence electrons. The summed E-state index contributed by atoms with van der Waals surface area (Å²) in [5.41, 5.74) is 2.24. The van der Waals surface area contributed by atoms with Crippen LogP contribution in [0.3, 0.4) is 0 Å². The van der Waals surface area contributed by atoms with Gasteiger partial charge in [0.1, 0.15) is 0 Å². The maximum atomic E-state index is 4.84. The van der Waals surface area contributed by atoms with E-state index < -0.39 is 0 Å². The average molecular weight is 255 g/mol. The second-order valence-corrected chi connectivity index (χ2v) is 5.63. The SMILES string of the molecule is CC(C)c1nc(N2CCCCC2)nc2ccccc12. The molecule has 0 N–H and O–H groups in total. The van der Waals surface area contributed by atoms with Crippen LogP contribution in [-0.4, -0.2) is 23.1 Å². The number of hydrogen-bond donors (Lipinski definition) is 0. The molecule has 0 atom stereocenters.